The number of nitrogens with one attached hydrogen (secondary N) is 2. The number of carbonyl (C=O) groups excluding carboxylic acids is 1. The van der Waals surface area contributed by atoms with Crippen LogP contribution < -0.4 is 20.9 Å². The molecule has 174 valence electrons. The molecule has 1 aromatic carbocycles. The third kappa shape index (κ3) is 5.95. The predicted molar refractivity (Wildman–Crippen MR) is 114 cm³/mol. The maximum atomic E-state index is 13.3. The van der Waals surface area contributed by atoms with Gasteiger partial charge in [-0.05, 0) is 38.8 Å². The maximum Gasteiger partial charge on any atom is 0.459 e. The third-order valence-electron chi connectivity index (χ3n) is 4.85. The topological polar surface area (TPSA) is 138 Å². The second-order valence-corrected chi connectivity index (χ2v) is 9.03. The summed E-state index contributed by atoms with van der Waals surface area (Å²) < 4.78 is 36.3. The molecule has 2 unspecified atom stereocenters. The monoisotopic (exact) mass is 467 g/mol. The number of hydrogen-bond donors (Lipinski definition) is 2. The summed E-state index contributed by atoms with van der Waals surface area (Å²) in [5.41, 5.74) is -0.637. The summed E-state index contributed by atoms with van der Waals surface area (Å²) in [6.07, 6.45) is 1.38. The second kappa shape index (κ2) is 10.3. The standard InChI is InChI=1S/C20H26N3O8P/c1-13-11-23(20(26)21-18(13)24)17-10-9-16(30-17)12-29-32(27,22-14(2)19(25)28-3)31-15-7-5-4-6-8-15/h4-8,11,14,16-17H,9-10,12H2,1-3H3,(H,22,27)(H,21,24,26)/t14?,16-,17+,32?/m0/s1. The molecule has 1 aliphatic rings. The smallest absolute Gasteiger partial charge is 0.459 e. The number of H-pyrrole nitrogens is 1. The highest BCUT2D eigenvalue weighted by Crippen LogP contribution is 2.45. The maximum absolute atomic E-state index is 13.3. The molecule has 11 nitrogen and oxygen atoms in total. The number of ether oxygens (including phenoxy) is 2. The first-order valence-corrected chi connectivity index (χ1v) is 11.6. The molecule has 3 rings (SSSR count). The molecule has 0 amide bonds. The van der Waals surface area contributed by atoms with Crippen molar-refractivity contribution in [1.82, 2.24) is 14.6 Å². The van der Waals surface area contributed by atoms with Gasteiger partial charge in [0, 0.05) is 11.8 Å². The van der Waals surface area contributed by atoms with Crippen LogP contribution in [-0.4, -0.2) is 41.4 Å². The summed E-state index contributed by atoms with van der Waals surface area (Å²) in [5.74, 6) is -0.337. The van der Waals surface area contributed by atoms with E-state index in [1.165, 1.54) is 24.8 Å². The second-order valence-electron chi connectivity index (χ2n) is 7.34. The van der Waals surface area contributed by atoms with E-state index in [0.717, 1.165) is 0 Å². The normalized spacial score (nSPS) is 21.0. The molecule has 0 spiro atoms. The minimum absolute atomic E-state index is 0.113. The van der Waals surface area contributed by atoms with Crippen molar-refractivity contribution in [3.8, 4) is 5.75 Å². The Hall–Kier alpha value is -2.72. The lowest BCUT2D eigenvalue weighted by atomic mass is 10.2. The van der Waals surface area contributed by atoms with Crippen molar-refractivity contribution in [1.29, 1.82) is 0 Å². The van der Waals surface area contributed by atoms with E-state index in [9.17, 15) is 18.9 Å². The largest absolute Gasteiger partial charge is 0.468 e. The number of esters is 1. The number of methoxy groups -OCH3 is 1. The Morgan fingerprint density at radius 2 is 2.03 bits per heavy atom. The van der Waals surface area contributed by atoms with Crippen molar-refractivity contribution in [2.24, 2.45) is 0 Å². The van der Waals surface area contributed by atoms with Crippen LogP contribution in [0, 0.1) is 6.92 Å². The minimum Gasteiger partial charge on any atom is -0.468 e. The third-order valence-corrected chi connectivity index (χ3v) is 6.49. The van der Waals surface area contributed by atoms with Gasteiger partial charge in [-0.25, -0.2) is 9.36 Å². The molecule has 4 atom stereocenters. The quantitative estimate of drug-likeness (QED) is 0.418. The molecule has 0 aliphatic carbocycles. The van der Waals surface area contributed by atoms with Gasteiger partial charge < -0.3 is 14.0 Å². The van der Waals surface area contributed by atoms with Crippen LogP contribution >= 0.6 is 7.75 Å². The zero-order chi connectivity index (χ0) is 23.3. The molecule has 1 aliphatic heterocycles. The highest BCUT2D eigenvalue weighted by atomic mass is 31.2. The lowest BCUT2D eigenvalue weighted by Crippen LogP contribution is -2.35. The van der Waals surface area contributed by atoms with Gasteiger partial charge in [0.25, 0.3) is 5.56 Å². The van der Waals surface area contributed by atoms with E-state index in [1.54, 1.807) is 37.3 Å². The van der Waals surface area contributed by atoms with Crippen LogP contribution in [0.15, 0.2) is 46.1 Å². The summed E-state index contributed by atoms with van der Waals surface area (Å²) in [6.45, 7) is 2.96. The Morgan fingerprint density at radius 1 is 1.31 bits per heavy atom. The number of aromatic nitrogens is 2. The molecule has 1 saturated heterocycles. The van der Waals surface area contributed by atoms with Gasteiger partial charge in [-0.15, -0.1) is 0 Å². The first-order chi connectivity index (χ1) is 15.2. The highest BCUT2D eigenvalue weighted by molar-refractivity contribution is 7.52. The zero-order valence-electron chi connectivity index (χ0n) is 18.0. The fourth-order valence-corrected chi connectivity index (χ4v) is 4.69. The molecule has 2 N–H and O–H groups in total. The Balaban J connectivity index is 1.68. The first kappa shape index (κ1) is 23.9. The summed E-state index contributed by atoms with van der Waals surface area (Å²) in [6, 6.07) is 7.45. The molecule has 2 heterocycles. The van der Waals surface area contributed by atoms with Gasteiger partial charge in [0.05, 0.1) is 19.8 Å². The summed E-state index contributed by atoms with van der Waals surface area (Å²) in [4.78, 5) is 37.7. The molecule has 0 bridgehead atoms. The summed E-state index contributed by atoms with van der Waals surface area (Å²) >= 11 is 0. The van der Waals surface area contributed by atoms with E-state index >= 15 is 0 Å². The van der Waals surface area contributed by atoms with Gasteiger partial charge in [-0.3, -0.25) is 23.7 Å². The molecule has 12 heteroatoms. The van der Waals surface area contributed by atoms with Gasteiger partial charge in [0.1, 0.15) is 18.0 Å². The molecule has 0 radical (unpaired) electrons. The molecular formula is C20H26N3O8P. The van der Waals surface area contributed by atoms with E-state index in [1.807, 2.05) is 0 Å². The van der Waals surface area contributed by atoms with E-state index in [2.05, 4.69) is 14.8 Å². The average molecular weight is 467 g/mol. The number of hydrogen-bond acceptors (Lipinski definition) is 8. The fourth-order valence-electron chi connectivity index (χ4n) is 3.17. The first-order valence-electron chi connectivity index (χ1n) is 10.0. The van der Waals surface area contributed by atoms with Crippen LogP contribution in [0.3, 0.4) is 0 Å². The van der Waals surface area contributed by atoms with Crippen LogP contribution in [0.4, 0.5) is 0 Å². The summed E-state index contributed by atoms with van der Waals surface area (Å²) in [7, 11) is -2.76. The van der Waals surface area contributed by atoms with Gasteiger partial charge in [-0.1, -0.05) is 18.2 Å². The van der Waals surface area contributed by atoms with Crippen LogP contribution in [0.1, 0.15) is 31.6 Å². The van der Waals surface area contributed by atoms with Gasteiger partial charge >= 0.3 is 19.4 Å². The Bertz CT molecular complexity index is 1100. The Labute approximate surface area is 184 Å². The molecule has 32 heavy (non-hydrogen) atoms. The van der Waals surface area contributed by atoms with Crippen molar-refractivity contribution >= 4 is 13.7 Å². The van der Waals surface area contributed by atoms with Crippen LogP contribution in [0.25, 0.3) is 0 Å². The number of carbonyl (C=O) groups is 1. The van der Waals surface area contributed by atoms with Crippen molar-refractivity contribution in [3.05, 3.63) is 62.9 Å². The SMILES string of the molecule is COC(=O)C(C)NP(=O)(OC[C@@H]1CC[C@H](n2cc(C)c(=O)[nH]c2=O)O1)Oc1ccccc1. The molecule has 0 saturated carbocycles. The number of aryl methyl sites for hydroxylation is 1. The average Bonchev–Trinajstić information content (AvgIpc) is 3.23. The Morgan fingerprint density at radius 3 is 2.72 bits per heavy atom. The van der Waals surface area contributed by atoms with E-state index in [4.69, 9.17) is 13.8 Å². The van der Waals surface area contributed by atoms with Crippen LogP contribution in [0.2, 0.25) is 0 Å². The van der Waals surface area contributed by atoms with E-state index in [-0.39, 0.29) is 6.61 Å². The number of benzene rings is 1. The fraction of sp³-hybridized carbons (Fsp3) is 0.450. The van der Waals surface area contributed by atoms with Crippen LogP contribution in [0.5, 0.6) is 5.75 Å². The van der Waals surface area contributed by atoms with E-state index in [0.29, 0.717) is 24.2 Å². The molecular weight excluding hydrogens is 441 g/mol. The number of aromatic amines is 1. The van der Waals surface area contributed by atoms with Crippen molar-refractivity contribution < 1.29 is 27.9 Å². The lowest BCUT2D eigenvalue weighted by molar-refractivity contribution is -0.142. The lowest BCUT2D eigenvalue weighted by Gasteiger charge is -2.24. The number of nitrogens with zero attached hydrogens (tertiary/aromatic N) is 1. The molecule has 2 aromatic rings. The van der Waals surface area contributed by atoms with Gasteiger partial charge in [-0.2, -0.15) is 5.09 Å². The highest BCUT2D eigenvalue weighted by Gasteiger charge is 2.35. The Kier molecular flexibility index (Phi) is 7.68. The number of rotatable bonds is 9. The van der Waals surface area contributed by atoms with Gasteiger partial charge in [0.2, 0.25) is 0 Å². The van der Waals surface area contributed by atoms with Crippen molar-refractivity contribution in [3.63, 3.8) is 0 Å². The number of para-hydroxylation sites is 1. The predicted octanol–water partition coefficient (Wildman–Crippen LogP) is 1.88. The van der Waals surface area contributed by atoms with Crippen molar-refractivity contribution in [2.75, 3.05) is 13.7 Å². The summed E-state index contributed by atoms with van der Waals surface area (Å²) in [5, 5.41) is 2.57. The molecule has 1 aromatic heterocycles. The van der Waals surface area contributed by atoms with E-state index < -0.39 is 43.3 Å². The molecule has 1 fully saturated rings. The van der Waals surface area contributed by atoms with Crippen LogP contribution in [-0.2, 0) is 23.4 Å². The zero-order valence-corrected chi connectivity index (χ0v) is 18.9. The minimum atomic E-state index is -3.98. The van der Waals surface area contributed by atoms with Gasteiger partial charge in [0.15, 0.2) is 0 Å². The van der Waals surface area contributed by atoms with Crippen molar-refractivity contribution in [2.45, 2.75) is 45.1 Å².